The van der Waals surface area contributed by atoms with E-state index in [1.54, 1.807) is 4.90 Å². The second-order valence-electron chi connectivity index (χ2n) is 5.51. The minimum absolute atomic E-state index is 0.0531. The van der Waals surface area contributed by atoms with Crippen LogP contribution in [0.4, 0.5) is 0 Å². The van der Waals surface area contributed by atoms with E-state index in [1.165, 1.54) is 0 Å². The van der Waals surface area contributed by atoms with Crippen molar-refractivity contribution in [1.82, 2.24) is 4.90 Å². The highest BCUT2D eigenvalue weighted by molar-refractivity contribution is 5.83. The molecule has 1 heterocycles. The molecule has 4 heteroatoms. The summed E-state index contributed by atoms with van der Waals surface area (Å²) in [6, 6.07) is 7.12. The molecule has 1 fully saturated rings. The van der Waals surface area contributed by atoms with Crippen molar-refractivity contribution in [2.24, 2.45) is 11.7 Å². The second kappa shape index (κ2) is 5.72. The average molecular weight is 262 g/mol. The summed E-state index contributed by atoms with van der Waals surface area (Å²) < 4.78 is 0. The molecular weight excluding hydrogens is 240 g/mol. The summed E-state index contributed by atoms with van der Waals surface area (Å²) in [6.07, 6.45) is 0.327. The Morgan fingerprint density at radius 3 is 2.63 bits per heavy atom. The molecule has 0 radical (unpaired) electrons. The molecule has 3 N–H and O–H groups in total. The molecule has 1 aromatic carbocycles. The van der Waals surface area contributed by atoms with E-state index in [0.29, 0.717) is 19.5 Å². The molecule has 0 saturated carbocycles. The van der Waals surface area contributed by atoms with Gasteiger partial charge in [-0.3, -0.25) is 4.79 Å². The Morgan fingerprint density at radius 1 is 1.42 bits per heavy atom. The maximum atomic E-state index is 12.4. The molecule has 1 aromatic rings. The lowest BCUT2D eigenvalue weighted by atomic mass is 9.95. The van der Waals surface area contributed by atoms with Gasteiger partial charge in [0.2, 0.25) is 5.91 Å². The Balaban J connectivity index is 2.05. The standard InChI is InChI=1S/C15H22N2O2/c1-10-3-5-12(6-4-10)14(16)15(19)17-8-7-13(18)11(2)9-17/h3-6,11,13-14,18H,7-9,16H2,1-2H3. The molecule has 2 rings (SSSR count). The Kier molecular flexibility index (Phi) is 4.22. The van der Waals surface area contributed by atoms with Crippen LogP contribution in [-0.2, 0) is 4.79 Å². The molecule has 3 atom stereocenters. The van der Waals surface area contributed by atoms with Gasteiger partial charge in [0, 0.05) is 13.1 Å². The van der Waals surface area contributed by atoms with Gasteiger partial charge in [-0.1, -0.05) is 36.8 Å². The summed E-state index contributed by atoms with van der Waals surface area (Å²) in [5.74, 6) is 0.0607. The van der Waals surface area contributed by atoms with Crippen molar-refractivity contribution < 1.29 is 9.90 Å². The fourth-order valence-corrected chi connectivity index (χ4v) is 2.45. The van der Waals surface area contributed by atoms with Gasteiger partial charge in [0.05, 0.1) is 6.10 Å². The number of hydrogen-bond acceptors (Lipinski definition) is 3. The van der Waals surface area contributed by atoms with Crippen LogP contribution < -0.4 is 5.73 Å². The zero-order chi connectivity index (χ0) is 14.0. The lowest BCUT2D eigenvalue weighted by Gasteiger charge is -2.35. The van der Waals surface area contributed by atoms with Gasteiger partial charge in [-0.2, -0.15) is 0 Å². The number of carbonyl (C=O) groups is 1. The molecular formula is C15H22N2O2. The topological polar surface area (TPSA) is 66.6 Å². The molecule has 4 nitrogen and oxygen atoms in total. The lowest BCUT2D eigenvalue weighted by molar-refractivity contribution is -0.136. The maximum Gasteiger partial charge on any atom is 0.244 e. The monoisotopic (exact) mass is 262 g/mol. The molecule has 19 heavy (non-hydrogen) atoms. The zero-order valence-corrected chi connectivity index (χ0v) is 11.5. The largest absolute Gasteiger partial charge is 0.393 e. The third-order valence-electron chi connectivity index (χ3n) is 3.87. The summed E-state index contributed by atoms with van der Waals surface area (Å²) in [4.78, 5) is 14.1. The van der Waals surface area contributed by atoms with Crippen molar-refractivity contribution in [1.29, 1.82) is 0 Å². The number of nitrogens with zero attached hydrogens (tertiary/aromatic N) is 1. The van der Waals surface area contributed by atoms with Gasteiger partial charge in [-0.05, 0) is 24.8 Å². The van der Waals surface area contributed by atoms with Gasteiger partial charge in [0.1, 0.15) is 6.04 Å². The first kappa shape index (κ1) is 14.0. The van der Waals surface area contributed by atoms with Gasteiger partial charge in [0.15, 0.2) is 0 Å². The molecule has 1 amide bonds. The summed E-state index contributed by atoms with van der Waals surface area (Å²) in [7, 11) is 0. The summed E-state index contributed by atoms with van der Waals surface area (Å²) in [6.45, 7) is 5.13. The van der Waals surface area contributed by atoms with E-state index in [4.69, 9.17) is 5.73 Å². The molecule has 3 unspecified atom stereocenters. The van der Waals surface area contributed by atoms with Crippen LogP contribution >= 0.6 is 0 Å². The Morgan fingerprint density at radius 2 is 2.05 bits per heavy atom. The molecule has 104 valence electrons. The summed E-state index contributed by atoms with van der Waals surface area (Å²) in [5, 5.41) is 9.69. The predicted octanol–water partition coefficient (Wildman–Crippen LogP) is 1.22. The highest BCUT2D eigenvalue weighted by atomic mass is 16.3. The zero-order valence-electron chi connectivity index (χ0n) is 11.5. The van der Waals surface area contributed by atoms with Crippen LogP contribution in [0.3, 0.4) is 0 Å². The first-order valence-electron chi connectivity index (χ1n) is 6.78. The molecule has 0 bridgehead atoms. The highest BCUT2D eigenvalue weighted by Crippen LogP contribution is 2.20. The quantitative estimate of drug-likeness (QED) is 0.842. The van der Waals surface area contributed by atoms with Crippen LogP contribution in [0, 0.1) is 12.8 Å². The first-order valence-corrected chi connectivity index (χ1v) is 6.78. The van der Waals surface area contributed by atoms with Gasteiger partial charge in [-0.25, -0.2) is 0 Å². The van der Waals surface area contributed by atoms with Gasteiger partial charge < -0.3 is 15.7 Å². The van der Waals surface area contributed by atoms with E-state index in [2.05, 4.69) is 0 Å². The minimum atomic E-state index is -0.608. The smallest absolute Gasteiger partial charge is 0.244 e. The second-order valence-corrected chi connectivity index (χ2v) is 5.51. The summed E-state index contributed by atoms with van der Waals surface area (Å²) in [5.41, 5.74) is 8.04. The highest BCUT2D eigenvalue weighted by Gasteiger charge is 2.30. The Hall–Kier alpha value is -1.39. The number of hydrogen-bond donors (Lipinski definition) is 2. The van der Waals surface area contributed by atoms with Crippen LogP contribution in [0.2, 0.25) is 0 Å². The van der Waals surface area contributed by atoms with E-state index in [0.717, 1.165) is 11.1 Å². The molecule has 1 aliphatic rings. The van der Waals surface area contributed by atoms with Crippen molar-refractivity contribution in [2.45, 2.75) is 32.4 Å². The number of piperidine rings is 1. The maximum absolute atomic E-state index is 12.4. The lowest BCUT2D eigenvalue weighted by Crippen LogP contribution is -2.48. The van der Waals surface area contributed by atoms with Crippen LogP contribution in [0.5, 0.6) is 0 Å². The summed E-state index contributed by atoms with van der Waals surface area (Å²) >= 11 is 0. The third kappa shape index (κ3) is 3.14. The minimum Gasteiger partial charge on any atom is -0.393 e. The number of rotatable bonds is 2. The fraction of sp³-hybridized carbons (Fsp3) is 0.533. The normalized spacial score (nSPS) is 25.2. The van der Waals surface area contributed by atoms with Crippen LogP contribution in [0.15, 0.2) is 24.3 Å². The van der Waals surface area contributed by atoms with Gasteiger partial charge in [-0.15, -0.1) is 0 Å². The third-order valence-corrected chi connectivity index (χ3v) is 3.87. The number of carbonyl (C=O) groups excluding carboxylic acids is 1. The average Bonchev–Trinajstić information content (AvgIpc) is 2.41. The van der Waals surface area contributed by atoms with Crippen molar-refractivity contribution >= 4 is 5.91 Å². The number of nitrogens with two attached hydrogens (primary N) is 1. The SMILES string of the molecule is Cc1ccc(C(N)C(=O)N2CCC(O)C(C)C2)cc1. The molecule has 1 aliphatic heterocycles. The Bertz CT molecular complexity index is 444. The number of aliphatic hydroxyl groups is 1. The molecule has 1 saturated heterocycles. The van der Waals surface area contributed by atoms with Crippen molar-refractivity contribution in [3.63, 3.8) is 0 Å². The number of amides is 1. The van der Waals surface area contributed by atoms with Gasteiger partial charge in [0.25, 0.3) is 0 Å². The molecule has 0 aromatic heterocycles. The predicted molar refractivity (Wildman–Crippen MR) is 74.5 cm³/mol. The van der Waals surface area contributed by atoms with Crippen LogP contribution in [0.1, 0.15) is 30.5 Å². The number of aryl methyl sites for hydroxylation is 1. The van der Waals surface area contributed by atoms with Crippen LogP contribution in [-0.4, -0.2) is 35.1 Å². The van der Waals surface area contributed by atoms with E-state index >= 15 is 0 Å². The van der Waals surface area contributed by atoms with Crippen molar-refractivity contribution in [3.05, 3.63) is 35.4 Å². The van der Waals surface area contributed by atoms with E-state index in [9.17, 15) is 9.90 Å². The molecule has 0 spiro atoms. The van der Waals surface area contributed by atoms with Gasteiger partial charge >= 0.3 is 0 Å². The molecule has 0 aliphatic carbocycles. The first-order chi connectivity index (χ1) is 8.99. The van der Waals surface area contributed by atoms with E-state index < -0.39 is 6.04 Å². The van der Waals surface area contributed by atoms with Crippen molar-refractivity contribution in [3.8, 4) is 0 Å². The number of aliphatic hydroxyl groups excluding tert-OH is 1. The number of likely N-dealkylation sites (tertiary alicyclic amines) is 1. The fourth-order valence-electron chi connectivity index (χ4n) is 2.45. The van der Waals surface area contributed by atoms with E-state index in [1.807, 2.05) is 38.1 Å². The Labute approximate surface area is 114 Å². The number of benzene rings is 1. The van der Waals surface area contributed by atoms with E-state index in [-0.39, 0.29) is 17.9 Å². The van der Waals surface area contributed by atoms with Crippen molar-refractivity contribution in [2.75, 3.05) is 13.1 Å². The van der Waals surface area contributed by atoms with Crippen LogP contribution in [0.25, 0.3) is 0 Å².